The van der Waals surface area contributed by atoms with E-state index < -0.39 is 0 Å². The van der Waals surface area contributed by atoms with E-state index in [2.05, 4.69) is 140 Å². The van der Waals surface area contributed by atoms with Crippen LogP contribution in [0.5, 0.6) is 0 Å². The van der Waals surface area contributed by atoms with Crippen LogP contribution in [0.4, 0.5) is 0 Å². The molecule has 0 aliphatic rings. The first-order valence-electron chi connectivity index (χ1n) is 21.4. The molecule has 12 nitrogen and oxygen atoms in total. The summed E-state index contributed by atoms with van der Waals surface area (Å²) in [6, 6.07) is 0. The van der Waals surface area contributed by atoms with Gasteiger partial charge in [0.05, 0.1) is 35.5 Å². The zero-order chi connectivity index (χ0) is 47.9. The van der Waals surface area contributed by atoms with Gasteiger partial charge in [-0.15, -0.1) is 31.7 Å². The van der Waals surface area contributed by atoms with Gasteiger partial charge < -0.3 is 0 Å². The van der Waals surface area contributed by atoms with Crippen LogP contribution in [-0.4, -0.2) is 56.8 Å². The normalized spacial score (nSPS) is 8.90. The highest BCUT2D eigenvalue weighted by Gasteiger charge is 2.02. The van der Waals surface area contributed by atoms with E-state index in [-0.39, 0.29) is 0 Å². The minimum atomic E-state index is 0.473. The maximum atomic E-state index is 4.05. The van der Waals surface area contributed by atoms with E-state index in [4.69, 9.17) is 0 Å². The van der Waals surface area contributed by atoms with Crippen LogP contribution in [0.1, 0.15) is 234 Å². The van der Waals surface area contributed by atoms with Gasteiger partial charge in [0.1, 0.15) is 33.2 Å². The Morgan fingerprint density at radius 1 is 0.450 bits per heavy atom. The molecule has 6 rings (SSSR count). The monoisotopic (exact) mass is 949 g/mol. The maximum Gasteiger partial charge on any atom is 0.144 e. The Kier molecular flexibility index (Phi) is 60.4. The summed E-state index contributed by atoms with van der Waals surface area (Å²) in [4.78, 5) is 9.30. The molecular weight excluding hydrogens is 865 g/mol. The van der Waals surface area contributed by atoms with E-state index in [1.165, 1.54) is 62.7 Å². The highest BCUT2D eigenvalue weighted by molar-refractivity contribution is 7.09. The molecule has 0 atom stereocenters. The van der Waals surface area contributed by atoms with Crippen LogP contribution in [0.15, 0.2) is 35.1 Å². The quantitative estimate of drug-likeness (QED) is 0.156. The van der Waals surface area contributed by atoms with Crippen molar-refractivity contribution < 1.29 is 0 Å². The van der Waals surface area contributed by atoms with Crippen molar-refractivity contribution in [2.24, 2.45) is 0 Å². The molecule has 18 heteroatoms. The summed E-state index contributed by atoms with van der Waals surface area (Å²) in [5.41, 5.74) is 5.70. The summed E-state index contributed by atoms with van der Waals surface area (Å²) in [5, 5.41) is 19.4. The Balaban J connectivity index is -0.000000139. The molecule has 0 unspecified atom stereocenters. The zero-order valence-corrected chi connectivity index (χ0v) is 46.6. The first-order chi connectivity index (χ1) is 28.8. The van der Waals surface area contributed by atoms with E-state index in [0.29, 0.717) is 35.5 Å². The van der Waals surface area contributed by atoms with Gasteiger partial charge in [0.25, 0.3) is 0 Å². The molecule has 0 bridgehead atoms. The topological polar surface area (TPSA) is 155 Å². The molecule has 0 fully saturated rings. The van der Waals surface area contributed by atoms with Crippen LogP contribution in [0.2, 0.25) is 0 Å². The minimum absolute atomic E-state index is 0.473. The van der Waals surface area contributed by atoms with Crippen LogP contribution in [0, 0.1) is 0 Å². The van der Waals surface area contributed by atoms with Gasteiger partial charge in [0, 0.05) is 28.0 Å². The fraction of sp³-hybridized carbons (Fsp3) is 0.714. The summed E-state index contributed by atoms with van der Waals surface area (Å²) in [6.07, 6.45) is 5.23. The summed E-state index contributed by atoms with van der Waals surface area (Å²) >= 11 is 8.63. The molecule has 0 spiro atoms. The van der Waals surface area contributed by atoms with Gasteiger partial charge in [-0.05, 0) is 63.9 Å². The third-order valence-electron chi connectivity index (χ3n) is 5.52. The Hall–Kier alpha value is -2.64. The van der Waals surface area contributed by atoms with Crippen molar-refractivity contribution in [2.75, 3.05) is 0 Å². The number of hydrogen-bond donors (Lipinski definition) is 0. The first kappa shape index (κ1) is 69.1. The summed E-state index contributed by atoms with van der Waals surface area (Å²) < 4.78 is 23.3. The highest BCUT2D eigenvalue weighted by atomic mass is 32.1. The standard InChI is InChI=1S/6C5H8N2S.6C2H6/c1-4(2)5-7-6-3-8-5;1-4(2)5-6-3-8-7-5;1-4(2)5-6-3-7-8-5;1-4(2)5-3-8-7-6-5;1-4(2)5-3-6-7-8-5;1-4(2)5-3-6-8-7-5;6*1-2/h6*3-4H,1-2H3;6*1-2H3. The molecule has 0 saturated carbocycles. The third-order valence-corrected chi connectivity index (χ3v) is 9.95. The molecule has 0 aliphatic carbocycles. The largest absolute Gasteiger partial charge is 0.228 e. The van der Waals surface area contributed by atoms with E-state index in [1.807, 2.05) is 101 Å². The van der Waals surface area contributed by atoms with Gasteiger partial charge in [-0.1, -0.05) is 175 Å². The molecule has 0 aliphatic heterocycles. The van der Waals surface area contributed by atoms with Crippen LogP contribution < -0.4 is 0 Å². The third kappa shape index (κ3) is 40.7. The molecule has 6 heterocycles. The molecule has 60 heavy (non-hydrogen) atoms. The number of nitrogens with zero attached hydrogens (tertiary/aromatic N) is 12. The zero-order valence-electron chi connectivity index (χ0n) is 41.7. The summed E-state index contributed by atoms with van der Waals surface area (Å²) in [6.45, 7) is 49.3. The molecular formula is C42H84N12S6. The lowest BCUT2D eigenvalue weighted by Crippen LogP contribution is -1.87. The lowest BCUT2D eigenvalue weighted by molar-refractivity contribution is 0.799. The molecule has 6 aromatic heterocycles. The molecule has 0 amide bonds. The van der Waals surface area contributed by atoms with E-state index >= 15 is 0 Å². The van der Waals surface area contributed by atoms with Crippen LogP contribution >= 0.6 is 69.2 Å². The van der Waals surface area contributed by atoms with Crippen molar-refractivity contribution in [3.63, 3.8) is 0 Å². The van der Waals surface area contributed by atoms with Crippen LogP contribution in [-0.2, 0) is 0 Å². The van der Waals surface area contributed by atoms with Gasteiger partial charge in [0.15, 0.2) is 0 Å². The average molecular weight is 950 g/mol. The number of hydrogen-bond acceptors (Lipinski definition) is 18. The van der Waals surface area contributed by atoms with Crippen molar-refractivity contribution in [1.29, 1.82) is 0 Å². The second-order valence-electron chi connectivity index (χ2n) is 11.8. The van der Waals surface area contributed by atoms with Gasteiger partial charge in [-0.2, -0.15) is 17.5 Å². The molecule has 0 aromatic carbocycles. The van der Waals surface area contributed by atoms with Gasteiger partial charge in [0.2, 0.25) is 0 Å². The molecule has 0 N–H and O–H groups in total. The SMILES string of the molecule is CC.CC.CC.CC.CC.CC.CC(C)c1cnns1.CC(C)c1cnsn1.CC(C)c1csnn1.CC(C)c1ncns1.CC(C)c1ncsn1.CC(C)c1nncs1. The Bertz CT molecular complexity index is 1180. The van der Waals surface area contributed by atoms with Crippen molar-refractivity contribution in [1.82, 2.24) is 56.8 Å². The molecule has 0 saturated heterocycles. The Morgan fingerprint density at radius 3 is 1.22 bits per heavy atom. The fourth-order valence-electron chi connectivity index (χ4n) is 2.58. The predicted molar refractivity (Wildman–Crippen MR) is 272 cm³/mol. The van der Waals surface area contributed by atoms with Crippen molar-refractivity contribution >= 4 is 69.2 Å². The molecule has 348 valence electrons. The van der Waals surface area contributed by atoms with Crippen LogP contribution in [0.25, 0.3) is 0 Å². The van der Waals surface area contributed by atoms with Gasteiger partial charge in [-0.3, -0.25) is 0 Å². The predicted octanol–water partition coefficient (Wildman–Crippen LogP) is 16.1. The lowest BCUT2D eigenvalue weighted by atomic mass is 10.2. The second-order valence-corrected chi connectivity index (χ2v) is 16.0. The number of rotatable bonds is 6. The van der Waals surface area contributed by atoms with E-state index in [9.17, 15) is 0 Å². The van der Waals surface area contributed by atoms with E-state index in [0.717, 1.165) is 27.2 Å². The smallest absolute Gasteiger partial charge is 0.144 e. The summed E-state index contributed by atoms with van der Waals surface area (Å²) in [7, 11) is 0. The lowest BCUT2D eigenvalue weighted by Gasteiger charge is -1.92. The first-order valence-corrected chi connectivity index (χ1v) is 26.3. The van der Waals surface area contributed by atoms with Gasteiger partial charge in [-0.25, -0.2) is 9.97 Å². The van der Waals surface area contributed by atoms with Crippen molar-refractivity contribution in [2.45, 2.75) is 202 Å². The van der Waals surface area contributed by atoms with Crippen LogP contribution in [0.3, 0.4) is 0 Å². The second kappa shape index (κ2) is 52.5. The Morgan fingerprint density at radius 2 is 1.02 bits per heavy atom. The fourth-order valence-corrected chi connectivity index (χ4v) is 5.89. The molecule has 0 radical (unpaired) electrons. The van der Waals surface area contributed by atoms with Gasteiger partial charge >= 0.3 is 0 Å². The average Bonchev–Trinajstić information content (AvgIpc) is 4.14. The van der Waals surface area contributed by atoms with Crippen molar-refractivity contribution in [3.8, 4) is 0 Å². The maximum absolute atomic E-state index is 4.05. The Labute approximate surface area is 392 Å². The van der Waals surface area contributed by atoms with E-state index in [1.54, 1.807) is 28.7 Å². The minimum Gasteiger partial charge on any atom is -0.228 e. The number of aromatic nitrogens is 12. The highest BCUT2D eigenvalue weighted by Crippen LogP contribution is 2.16. The molecule has 6 aromatic rings. The van der Waals surface area contributed by atoms with Crippen molar-refractivity contribution in [3.05, 3.63) is 67.2 Å². The summed E-state index contributed by atoms with van der Waals surface area (Å²) in [5.74, 6) is 4.11.